The lowest BCUT2D eigenvalue weighted by molar-refractivity contribution is 0.146. The Morgan fingerprint density at radius 3 is 2.30 bits per heavy atom. The molecule has 116 valence electrons. The number of hydrogen-bond acceptors (Lipinski definition) is 5. The number of sulfonamides is 1. The number of halogens is 1. The maximum absolute atomic E-state index is 11.9. The molecule has 0 saturated heterocycles. The van der Waals surface area contributed by atoms with E-state index in [1.165, 1.54) is 12.1 Å². The van der Waals surface area contributed by atoms with E-state index in [2.05, 4.69) is 10.0 Å². The zero-order chi connectivity index (χ0) is 14.1. The van der Waals surface area contributed by atoms with Crippen LogP contribution in [0.1, 0.15) is 0 Å². The number of nitrogens with one attached hydrogen (secondary N) is 2. The Bertz CT molecular complexity index is 465. The van der Waals surface area contributed by atoms with Crippen LogP contribution in [0.15, 0.2) is 29.2 Å². The Balaban J connectivity index is 0.00000361. The molecule has 0 aliphatic carbocycles. The molecule has 0 fully saturated rings. The molecule has 0 aliphatic heterocycles. The molecule has 0 spiro atoms. The quantitative estimate of drug-likeness (QED) is 0.652. The average Bonchev–Trinajstić information content (AvgIpc) is 2.40. The highest BCUT2D eigenvalue weighted by molar-refractivity contribution is 7.89. The summed E-state index contributed by atoms with van der Waals surface area (Å²) in [5.74, 6) is 0.617. The predicted octanol–water partition coefficient (Wildman–Crippen LogP) is 0.631. The van der Waals surface area contributed by atoms with Gasteiger partial charge in [0.2, 0.25) is 10.0 Å². The molecule has 2 N–H and O–H groups in total. The third-order valence-corrected chi connectivity index (χ3v) is 3.83. The Labute approximate surface area is 126 Å². The van der Waals surface area contributed by atoms with E-state index in [9.17, 15) is 8.42 Å². The lowest BCUT2D eigenvalue weighted by Crippen LogP contribution is -2.30. The van der Waals surface area contributed by atoms with E-state index in [0.717, 1.165) is 0 Å². The lowest BCUT2D eigenvalue weighted by atomic mass is 10.3. The van der Waals surface area contributed by atoms with E-state index in [1.54, 1.807) is 26.3 Å². The van der Waals surface area contributed by atoms with Crippen molar-refractivity contribution in [2.75, 3.05) is 40.5 Å². The maximum atomic E-state index is 11.9. The summed E-state index contributed by atoms with van der Waals surface area (Å²) in [4.78, 5) is 0.225. The molecular weight excluding hydrogens is 304 g/mol. The standard InChI is InChI=1S/C12H20N2O4S.ClH/c1-13-7-8-14-19(15,16)12-5-3-11(4-6-12)18-10-9-17-2;/h3-6,13-14H,7-10H2,1-2H3;1H. The minimum atomic E-state index is -3.44. The van der Waals surface area contributed by atoms with Crippen molar-refractivity contribution >= 4 is 22.4 Å². The summed E-state index contributed by atoms with van der Waals surface area (Å²) in [5, 5.41) is 2.87. The van der Waals surface area contributed by atoms with Crippen LogP contribution in [0.3, 0.4) is 0 Å². The van der Waals surface area contributed by atoms with Gasteiger partial charge < -0.3 is 14.8 Å². The van der Waals surface area contributed by atoms with E-state index in [-0.39, 0.29) is 17.3 Å². The first-order valence-electron chi connectivity index (χ1n) is 5.96. The Kier molecular flexibility index (Phi) is 9.52. The molecule has 0 amide bonds. The highest BCUT2D eigenvalue weighted by atomic mass is 35.5. The van der Waals surface area contributed by atoms with Gasteiger partial charge in [-0.25, -0.2) is 13.1 Å². The van der Waals surface area contributed by atoms with Gasteiger partial charge >= 0.3 is 0 Å². The van der Waals surface area contributed by atoms with Gasteiger partial charge in [0.1, 0.15) is 12.4 Å². The second kappa shape index (κ2) is 9.95. The van der Waals surface area contributed by atoms with Crippen molar-refractivity contribution in [2.24, 2.45) is 0 Å². The molecular formula is C12H21ClN2O4S. The third kappa shape index (κ3) is 6.53. The second-order valence-corrected chi connectivity index (χ2v) is 5.58. The number of benzene rings is 1. The van der Waals surface area contributed by atoms with Gasteiger partial charge in [0.25, 0.3) is 0 Å². The van der Waals surface area contributed by atoms with Gasteiger partial charge in [-0.15, -0.1) is 12.4 Å². The number of methoxy groups -OCH3 is 1. The number of hydrogen-bond donors (Lipinski definition) is 2. The van der Waals surface area contributed by atoms with Crippen molar-refractivity contribution in [3.05, 3.63) is 24.3 Å². The van der Waals surface area contributed by atoms with E-state index in [4.69, 9.17) is 9.47 Å². The molecule has 8 heteroatoms. The molecule has 0 aromatic heterocycles. The van der Waals surface area contributed by atoms with Crippen molar-refractivity contribution in [2.45, 2.75) is 4.90 Å². The largest absolute Gasteiger partial charge is 0.491 e. The van der Waals surface area contributed by atoms with Crippen LogP contribution >= 0.6 is 12.4 Å². The molecule has 0 atom stereocenters. The summed E-state index contributed by atoms with van der Waals surface area (Å²) in [6.07, 6.45) is 0. The van der Waals surface area contributed by atoms with Crippen molar-refractivity contribution in [1.29, 1.82) is 0 Å². The monoisotopic (exact) mass is 324 g/mol. The van der Waals surface area contributed by atoms with Crippen LogP contribution in [-0.2, 0) is 14.8 Å². The van der Waals surface area contributed by atoms with Crippen molar-refractivity contribution in [3.63, 3.8) is 0 Å². The van der Waals surface area contributed by atoms with Crippen LogP contribution in [-0.4, -0.2) is 48.9 Å². The van der Waals surface area contributed by atoms with E-state index < -0.39 is 10.0 Å². The molecule has 0 unspecified atom stereocenters. The van der Waals surface area contributed by atoms with E-state index >= 15 is 0 Å². The third-order valence-electron chi connectivity index (χ3n) is 2.36. The molecule has 0 bridgehead atoms. The summed E-state index contributed by atoms with van der Waals surface area (Å²) < 4.78 is 36.5. The van der Waals surface area contributed by atoms with E-state index in [0.29, 0.717) is 32.1 Å². The van der Waals surface area contributed by atoms with Crippen molar-refractivity contribution in [1.82, 2.24) is 10.0 Å². The molecule has 0 heterocycles. The summed E-state index contributed by atoms with van der Waals surface area (Å²) in [7, 11) is -0.0872. The molecule has 0 aliphatic rings. The molecule has 0 radical (unpaired) electrons. The van der Waals surface area contributed by atoms with Crippen LogP contribution in [0.5, 0.6) is 5.75 Å². The fraction of sp³-hybridized carbons (Fsp3) is 0.500. The highest BCUT2D eigenvalue weighted by Gasteiger charge is 2.12. The fourth-order valence-electron chi connectivity index (χ4n) is 1.35. The van der Waals surface area contributed by atoms with Gasteiger partial charge in [-0.3, -0.25) is 0 Å². The topological polar surface area (TPSA) is 76.7 Å². The lowest BCUT2D eigenvalue weighted by Gasteiger charge is -2.08. The van der Waals surface area contributed by atoms with E-state index in [1.807, 2.05) is 0 Å². The molecule has 6 nitrogen and oxygen atoms in total. The predicted molar refractivity (Wildman–Crippen MR) is 80.2 cm³/mol. The molecule has 1 aromatic rings. The zero-order valence-electron chi connectivity index (χ0n) is 11.6. The fourth-order valence-corrected chi connectivity index (χ4v) is 2.38. The minimum Gasteiger partial charge on any atom is -0.491 e. The van der Waals surface area contributed by atoms with Gasteiger partial charge in [-0.2, -0.15) is 0 Å². The SMILES string of the molecule is CNCCNS(=O)(=O)c1ccc(OCCOC)cc1.Cl. The Morgan fingerprint density at radius 1 is 1.10 bits per heavy atom. The van der Waals surface area contributed by atoms with Crippen LogP contribution in [0.25, 0.3) is 0 Å². The summed E-state index contributed by atoms with van der Waals surface area (Å²) >= 11 is 0. The zero-order valence-corrected chi connectivity index (χ0v) is 13.2. The Hall–Kier alpha value is -0.860. The smallest absolute Gasteiger partial charge is 0.240 e. The number of ether oxygens (including phenoxy) is 2. The van der Waals surface area contributed by atoms with Crippen LogP contribution in [0.2, 0.25) is 0 Å². The van der Waals surface area contributed by atoms with Gasteiger partial charge in [0, 0.05) is 20.2 Å². The molecule has 0 saturated carbocycles. The van der Waals surface area contributed by atoms with Gasteiger partial charge in [0.15, 0.2) is 0 Å². The summed E-state index contributed by atoms with van der Waals surface area (Å²) in [5.41, 5.74) is 0. The molecule has 1 rings (SSSR count). The van der Waals surface area contributed by atoms with Crippen LogP contribution < -0.4 is 14.8 Å². The van der Waals surface area contributed by atoms with Gasteiger partial charge in [-0.1, -0.05) is 0 Å². The van der Waals surface area contributed by atoms with Crippen LogP contribution in [0, 0.1) is 0 Å². The highest BCUT2D eigenvalue weighted by Crippen LogP contribution is 2.15. The number of rotatable bonds is 9. The first-order chi connectivity index (χ1) is 9.10. The molecule has 20 heavy (non-hydrogen) atoms. The first kappa shape index (κ1) is 19.1. The molecule has 1 aromatic carbocycles. The minimum absolute atomic E-state index is 0. The van der Waals surface area contributed by atoms with Crippen LogP contribution in [0.4, 0.5) is 0 Å². The number of likely N-dealkylation sites (N-methyl/N-ethyl adjacent to an activating group) is 1. The normalized spacial score (nSPS) is 10.9. The Morgan fingerprint density at radius 2 is 1.75 bits per heavy atom. The van der Waals surface area contributed by atoms with Crippen molar-refractivity contribution < 1.29 is 17.9 Å². The summed E-state index contributed by atoms with van der Waals surface area (Å²) in [6, 6.07) is 6.29. The van der Waals surface area contributed by atoms with Crippen molar-refractivity contribution in [3.8, 4) is 5.75 Å². The maximum Gasteiger partial charge on any atom is 0.240 e. The second-order valence-electron chi connectivity index (χ2n) is 3.81. The van der Waals surface area contributed by atoms with Gasteiger partial charge in [-0.05, 0) is 31.3 Å². The summed E-state index contributed by atoms with van der Waals surface area (Å²) in [6.45, 7) is 1.86. The first-order valence-corrected chi connectivity index (χ1v) is 7.44. The average molecular weight is 325 g/mol. The van der Waals surface area contributed by atoms with Gasteiger partial charge in [0.05, 0.1) is 11.5 Å².